The minimum absolute atomic E-state index is 0.123. The summed E-state index contributed by atoms with van der Waals surface area (Å²) in [7, 11) is 0. The maximum Gasteiger partial charge on any atom is 0.233 e. The van der Waals surface area contributed by atoms with Crippen molar-refractivity contribution in [3.63, 3.8) is 0 Å². The van der Waals surface area contributed by atoms with Crippen molar-refractivity contribution in [2.24, 2.45) is 0 Å². The normalized spacial score (nSPS) is 12.6. The standard InChI is InChI=1S/C14H18ClN3O/c1-3-12(16-4-2)14-18-17-13(19-14)9-10-7-5-6-8-11(10)15/h5-8,12,16H,3-4,9H2,1-2H3. The molecule has 0 saturated carbocycles. The maximum absolute atomic E-state index is 6.12. The van der Waals surface area contributed by atoms with Gasteiger partial charge in [0, 0.05) is 5.02 Å². The first-order chi connectivity index (χ1) is 9.24. The Balaban J connectivity index is 2.11. The van der Waals surface area contributed by atoms with E-state index in [-0.39, 0.29) is 6.04 Å². The van der Waals surface area contributed by atoms with Crippen molar-refractivity contribution in [1.82, 2.24) is 15.5 Å². The third kappa shape index (κ3) is 3.55. The molecule has 0 bridgehead atoms. The van der Waals surface area contributed by atoms with Crippen LogP contribution in [0.2, 0.25) is 5.02 Å². The van der Waals surface area contributed by atoms with Crippen LogP contribution in [0.5, 0.6) is 0 Å². The first-order valence-corrected chi connectivity index (χ1v) is 6.91. The number of hydrogen-bond acceptors (Lipinski definition) is 4. The van der Waals surface area contributed by atoms with Crippen LogP contribution in [0.3, 0.4) is 0 Å². The van der Waals surface area contributed by atoms with Gasteiger partial charge in [-0.05, 0) is 24.6 Å². The number of rotatable bonds is 6. The second-order valence-electron chi connectivity index (χ2n) is 4.32. The van der Waals surface area contributed by atoms with Crippen LogP contribution in [0.4, 0.5) is 0 Å². The Bertz CT molecular complexity index is 527. The summed E-state index contributed by atoms with van der Waals surface area (Å²) in [5.74, 6) is 1.24. The highest BCUT2D eigenvalue weighted by Crippen LogP contribution is 2.20. The van der Waals surface area contributed by atoms with Crippen LogP contribution >= 0.6 is 11.6 Å². The fourth-order valence-electron chi connectivity index (χ4n) is 1.94. The van der Waals surface area contributed by atoms with E-state index in [1.807, 2.05) is 24.3 Å². The van der Waals surface area contributed by atoms with Gasteiger partial charge in [0.05, 0.1) is 12.5 Å². The molecule has 1 N–H and O–H groups in total. The van der Waals surface area contributed by atoms with Crippen LogP contribution in [-0.4, -0.2) is 16.7 Å². The molecule has 0 saturated heterocycles. The van der Waals surface area contributed by atoms with Crippen LogP contribution in [0.15, 0.2) is 28.7 Å². The van der Waals surface area contributed by atoms with Crippen molar-refractivity contribution >= 4 is 11.6 Å². The molecule has 0 aliphatic rings. The summed E-state index contributed by atoms with van der Waals surface area (Å²) in [6.45, 7) is 5.02. The quantitative estimate of drug-likeness (QED) is 0.881. The Kier molecular flexibility index (Phi) is 4.93. The van der Waals surface area contributed by atoms with Gasteiger partial charge in [-0.25, -0.2) is 0 Å². The summed E-state index contributed by atoms with van der Waals surface area (Å²) in [5.41, 5.74) is 0.996. The molecule has 0 radical (unpaired) electrons. The Hall–Kier alpha value is -1.39. The van der Waals surface area contributed by atoms with E-state index in [1.54, 1.807) is 0 Å². The fourth-order valence-corrected chi connectivity index (χ4v) is 2.14. The number of nitrogens with one attached hydrogen (secondary N) is 1. The molecule has 1 atom stereocenters. The van der Waals surface area contributed by atoms with Gasteiger partial charge in [-0.3, -0.25) is 0 Å². The summed E-state index contributed by atoms with van der Waals surface area (Å²) >= 11 is 6.12. The first-order valence-electron chi connectivity index (χ1n) is 6.53. The summed E-state index contributed by atoms with van der Waals surface area (Å²) in [6, 6.07) is 7.81. The topological polar surface area (TPSA) is 51.0 Å². The number of nitrogens with zero attached hydrogens (tertiary/aromatic N) is 2. The van der Waals surface area contributed by atoms with E-state index in [4.69, 9.17) is 16.0 Å². The van der Waals surface area contributed by atoms with Crippen molar-refractivity contribution < 1.29 is 4.42 Å². The minimum atomic E-state index is 0.123. The molecule has 0 fully saturated rings. The van der Waals surface area contributed by atoms with Crippen molar-refractivity contribution in [3.05, 3.63) is 46.6 Å². The average molecular weight is 280 g/mol. The predicted octanol–water partition coefficient (Wildman–Crippen LogP) is 3.37. The van der Waals surface area contributed by atoms with E-state index in [2.05, 4.69) is 29.4 Å². The fraction of sp³-hybridized carbons (Fsp3) is 0.429. The number of benzene rings is 1. The molecule has 102 valence electrons. The monoisotopic (exact) mass is 279 g/mol. The van der Waals surface area contributed by atoms with Crippen LogP contribution in [-0.2, 0) is 6.42 Å². The molecular formula is C14H18ClN3O. The third-order valence-corrected chi connectivity index (χ3v) is 3.31. The Morgan fingerprint density at radius 1 is 1.26 bits per heavy atom. The second kappa shape index (κ2) is 6.68. The van der Waals surface area contributed by atoms with Crippen molar-refractivity contribution in [1.29, 1.82) is 0 Å². The van der Waals surface area contributed by atoms with Gasteiger partial charge in [0.2, 0.25) is 11.8 Å². The predicted molar refractivity (Wildman–Crippen MR) is 75.3 cm³/mol. The van der Waals surface area contributed by atoms with Gasteiger partial charge in [0.1, 0.15) is 0 Å². The molecule has 1 unspecified atom stereocenters. The highest BCUT2D eigenvalue weighted by Gasteiger charge is 2.16. The molecule has 2 aromatic rings. The molecule has 19 heavy (non-hydrogen) atoms. The largest absolute Gasteiger partial charge is 0.423 e. The maximum atomic E-state index is 6.12. The highest BCUT2D eigenvalue weighted by atomic mass is 35.5. The molecule has 4 nitrogen and oxygen atoms in total. The lowest BCUT2D eigenvalue weighted by Gasteiger charge is -2.10. The lowest BCUT2D eigenvalue weighted by molar-refractivity contribution is 0.380. The molecule has 1 aromatic heterocycles. The Labute approximate surface area is 118 Å². The number of hydrogen-bond donors (Lipinski definition) is 1. The Morgan fingerprint density at radius 2 is 2.05 bits per heavy atom. The van der Waals surface area contributed by atoms with Gasteiger partial charge >= 0.3 is 0 Å². The zero-order valence-electron chi connectivity index (χ0n) is 11.2. The molecule has 0 spiro atoms. The summed E-state index contributed by atoms with van der Waals surface area (Å²) in [4.78, 5) is 0. The summed E-state index contributed by atoms with van der Waals surface area (Å²) in [6.07, 6.45) is 1.48. The molecule has 5 heteroatoms. The summed E-state index contributed by atoms with van der Waals surface area (Å²) < 4.78 is 5.70. The van der Waals surface area contributed by atoms with Gasteiger partial charge in [-0.15, -0.1) is 10.2 Å². The van der Waals surface area contributed by atoms with Crippen molar-refractivity contribution in [2.75, 3.05) is 6.54 Å². The molecule has 0 aliphatic carbocycles. The van der Waals surface area contributed by atoms with E-state index in [0.717, 1.165) is 23.6 Å². The molecule has 0 amide bonds. The van der Waals surface area contributed by atoms with Crippen LogP contribution in [0.1, 0.15) is 43.7 Å². The molecule has 1 heterocycles. The average Bonchev–Trinajstić information content (AvgIpc) is 2.87. The SMILES string of the molecule is CCNC(CC)c1nnc(Cc2ccccc2Cl)o1. The molecule has 2 rings (SSSR count). The molecular weight excluding hydrogens is 262 g/mol. The van der Waals surface area contributed by atoms with E-state index in [0.29, 0.717) is 18.2 Å². The van der Waals surface area contributed by atoms with Crippen molar-refractivity contribution in [2.45, 2.75) is 32.7 Å². The zero-order valence-corrected chi connectivity index (χ0v) is 11.9. The van der Waals surface area contributed by atoms with Gasteiger partial charge in [0.25, 0.3) is 0 Å². The Morgan fingerprint density at radius 3 is 2.74 bits per heavy atom. The second-order valence-corrected chi connectivity index (χ2v) is 4.73. The number of halogens is 1. The molecule has 1 aromatic carbocycles. The van der Waals surface area contributed by atoms with Gasteiger partial charge in [-0.1, -0.05) is 43.6 Å². The van der Waals surface area contributed by atoms with Crippen LogP contribution < -0.4 is 5.32 Å². The summed E-state index contributed by atoms with van der Waals surface area (Å²) in [5, 5.41) is 12.2. The minimum Gasteiger partial charge on any atom is -0.423 e. The first kappa shape index (κ1) is 14.0. The van der Waals surface area contributed by atoms with Crippen molar-refractivity contribution in [3.8, 4) is 0 Å². The smallest absolute Gasteiger partial charge is 0.233 e. The van der Waals surface area contributed by atoms with E-state index < -0.39 is 0 Å². The van der Waals surface area contributed by atoms with Gasteiger partial charge in [-0.2, -0.15) is 0 Å². The van der Waals surface area contributed by atoms with E-state index >= 15 is 0 Å². The zero-order chi connectivity index (χ0) is 13.7. The van der Waals surface area contributed by atoms with Crippen LogP contribution in [0.25, 0.3) is 0 Å². The van der Waals surface area contributed by atoms with Crippen LogP contribution in [0, 0.1) is 0 Å². The number of aromatic nitrogens is 2. The van der Waals surface area contributed by atoms with E-state index in [1.165, 1.54) is 0 Å². The van der Waals surface area contributed by atoms with Gasteiger partial charge in [0.15, 0.2) is 0 Å². The highest BCUT2D eigenvalue weighted by molar-refractivity contribution is 6.31. The third-order valence-electron chi connectivity index (χ3n) is 2.94. The van der Waals surface area contributed by atoms with E-state index in [9.17, 15) is 0 Å². The lowest BCUT2D eigenvalue weighted by atomic mass is 10.1. The lowest BCUT2D eigenvalue weighted by Crippen LogP contribution is -2.20. The van der Waals surface area contributed by atoms with Gasteiger partial charge < -0.3 is 9.73 Å². The molecule has 0 aliphatic heterocycles.